The molecule has 5 nitrogen and oxygen atoms in total. The Bertz CT molecular complexity index is 539. The lowest BCUT2D eigenvalue weighted by molar-refractivity contribution is -0.121. The Morgan fingerprint density at radius 3 is 2.38 bits per heavy atom. The lowest BCUT2D eigenvalue weighted by atomic mass is 10.1. The van der Waals surface area contributed by atoms with Crippen LogP contribution in [0.25, 0.3) is 0 Å². The topological polar surface area (TPSA) is 75.3 Å². The Morgan fingerprint density at radius 2 is 1.81 bits per heavy atom. The molecule has 0 bridgehead atoms. The Morgan fingerprint density at radius 1 is 1.14 bits per heavy atom. The highest BCUT2D eigenvalue weighted by Gasteiger charge is 2.11. The highest BCUT2D eigenvalue weighted by Crippen LogP contribution is 2.10. The third-order valence-electron chi connectivity index (χ3n) is 3.06. The van der Waals surface area contributed by atoms with Gasteiger partial charge in [0.1, 0.15) is 0 Å². The summed E-state index contributed by atoms with van der Waals surface area (Å²) in [5.41, 5.74) is 1.00. The maximum absolute atomic E-state index is 11.8. The first-order valence-corrected chi connectivity index (χ1v) is 8.83. The highest BCUT2D eigenvalue weighted by molar-refractivity contribution is 7.89. The molecule has 1 amide bonds. The van der Waals surface area contributed by atoms with Gasteiger partial charge in [0.15, 0.2) is 0 Å². The van der Waals surface area contributed by atoms with Crippen molar-refractivity contribution in [3.63, 3.8) is 0 Å². The quantitative estimate of drug-likeness (QED) is 0.730. The Balaban J connectivity index is 2.47. The van der Waals surface area contributed by atoms with Crippen molar-refractivity contribution in [2.24, 2.45) is 0 Å². The maximum Gasteiger partial charge on any atom is 0.240 e. The predicted molar refractivity (Wildman–Crippen MR) is 83.5 cm³/mol. The zero-order chi connectivity index (χ0) is 15.7. The van der Waals surface area contributed by atoms with E-state index in [0.717, 1.165) is 18.4 Å². The van der Waals surface area contributed by atoms with E-state index < -0.39 is 10.0 Å². The third kappa shape index (κ3) is 6.27. The summed E-state index contributed by atoms with van der Waals surface area (Å²) in [5, 5.41) is 2.86. The molecule has 0 spiro atoms. The zero-order valence-corrected chi connectivity index (χ0v) is 13.5. The first-order valence-electron chi connectivity index (χ1n) is 7.35. The second kappa shape index (κ2) is 8.79. The van der Waals surface area contributed by atoms with Crippen molar-refractivity contribution in [3.8, 4) is 0 Å². The predicted octanol–water partition coefficient (Wildman–Crippen LogP) is 1.83. The van der Waals surface area contributed by atoms with Crippen molar-refractivity contribution >= 4 is 15.9 Å². The fourth-order valence-electron chi connectivity index (χ4n) is 1.88. The average molecular weight is 312 g/mol. The molecule has 0 aliphatic carbocycles. The number of carbonyl (C=O) groups excluding carboxylic acids is 1. The molecule has 0 saturated carbocycles. The molecule has 0 unspecified atom stereocenters. The van der Waals surface area contributed by atoms with Crippen LogP contribution in [0.2, 0.25) is 0 Å². The van der Waals surface area contributed by atoms with Crippen molar-refractivity contribution in [1.29, 1.82) is 0 Å². The smallest absolute Gasteiger partial charge is 0.240 e. The van der Waals surface area contributed by atoms with Gasteiger partial charge >= 0.3 is 0 Å². The number of hydrogen-bond donors (Lipinski definition) is 2. The van der Waals surface area contributed by atoms with Crippen LogP contribution in [-0.4, -0.2) is 27.4 Å². The summed E-state index contributed by atoms with van der Waals surface area (Å²) in [5.74, 6) is 0.0724. The molecule has 1 rings (SSSR count). The van der Waals surface area contributed by atoms with Gasteiger partial charge in [0.2, 0.25) is 15.9 Å². The number of unbranched alkanes of at least 4 members (excludes halogenated alkanes) is 1. The molecule has 0 saturated heterocycles. The van der Waals surface area contributed by atoms with Gasteiger partial charge < -0.3 is 5.32 Å². The molecule has 0 aliphatic rings. The highest BCUT2D eigenvalue weighted by atomic mass is 32.2. The van der Waals surface area contributed by atoms with Crippen molar-refractivity contribution in [2.75, 3.05) is 13.1 Å². The minimum atomic E-state index is -3.39. The molecular formula is C15H24N2O3S. The number of nitrogens with one attached hydrogen (secondary N) is 2. The molecule has 6 heteroatoms. The first kappa shape index (κ1) is 17.7. The van der Waals surface area contributed by atoms with Gasteiger partial charge in [-0.05, 0) is 30.5 Å². The van der Waals surface area contributed by atoms with E-state index in [0.29, 0.717) is 25.9 Å². The van der Waals surface area contributed by atoms with E-state index in [2.05, 4.69) is 17.0 Å². The summed E-state index contributed by atoms with van der Waals surface area (Å²) in [6.07, 6.45) is 3.17. The molecule has 21 heavy (non-hydrogen) atoms. The summed E-state index contributed by atoms with van der Waals surface area (Å²) < 4.78 is 26.0. The lowest BCUT2D eigenvalue weighted by Crippen LogP contribution is -2.25. The Hall–Kier alpha value is -1.40. The van der Waals surface area contributed by atoms with Crippen molar-refractivity contribution in [2.45, 2.75) is 44.4 Å². The van der Waals surface area contributed by atoms with Gasteiger partial charge in [-0.25, -0.2) is 13.1 Å². The van der Waals surface area contributed by atoms with Crippen LogP contribution in [-0.2, 0) is 21.2 Å². The standard InChI is InChI=1S/C15H24N2O3S/c1-3-5-6-15(18)16-12-11-13-7-9-14(10-8-13)21(19,20)17-4-2/h7-10,17H,3-6,11-12H2,1-2H3,(H,16,18). The van der Waals surface area contributed by atoms with E-state index in [4.69, 9.17) is 0 Å². The lowest BCUT2D eigenvalue weighted by Gasteiger charge is -2.07. The van der Waals surface area contributed by atoms with Crippen molar-refractivity contribution in [1.82, 2.24) is 10.0 Å². The molecule has 1 aromatic carbocycles. The molecule has 0 fully saturated rings. The van der Waals surface area contributed by atoms with Gasteiger partial charge in [0.05, 0.1) is 4.90 Å². The van der Waals surface area contributed by atoms with E-state index in [1.54, 1.807) is 31.2 Å². The number of sulfonamides is 1. The molecule has 0 aliphatic heterocycles. The summed E-state index contributed by atoms with van der Waals surface area (Å²) in [4.78, 5) is 11.7. The first-order chi connectivity index (χ1) is 9.99. The van der Waals surface area contributed by atoms with Crippen molar-refractivity contribution in [3.05, 3.63) is 29.8 Å². The molecular weight excluding hydrogens is 288 g/mol. The van der Waals surface area contributed by atoms with E-state index >= 15 is 0 Å². The molecule has 0 heterocycles. The number of amides is 1. The number of rotatable bonds is 9. The van der Waals surface area contributed by atoms with E-state index in [-0.39, 0.29) is 10.8 Å². The van der Waals surface area contributed by atoms with E-state index in [1.807, 2.05) is 0 Å². The van der Waals surface area contributed by atoms with Crippen LogP contribution >= 0.6 is 0 Å². The Kier molecular flexibility index (Phi) is 7.39. The number of carbonyl (C=O) groups is 1. The third-order valence-corrected chi connectivity index (χ3v) is 4.62. The average Bonchev–Trinajstić information content (AvgIpc) is 2.45. The van der Waals surface area contributed by atoms with Gasteiger partial charge in [-0.1, -0.05) is 32.4 Å². The minimum absolute atomic E-state index is 0.0724. The monoisotopic (exact) mass is 312 g/mol. The molecule has 0 radical (unpaired) electrons. The molecule has 2 N–H and O–H groups in total. The van der Waals surface area contributed by atoms with Gasteiger partial charge in [0, 0.05) is 19.5 Å². The largest absolute Gasteiger partial charge is 0.356 e. The van der Waals surface area contributed by atoms with Crippen molar-refractivity contribution < 1.29 is 13.2 Å². The van der Waals surface area contributed by atoms with Crippen LogP contribution in [0.15, 0.2) is 29.2 Å². The molecule has 1 aromatic rings. The van der Waals surface area contributed by atoms with E-state index in [9.17, 15) is 13.2 Å². The minimum Gasteiger partial charge on any atom is -0.356 e. The van der Waals surface area contributed by atoms with Crippen LogP contribution < -0.4 is 10.0 Å². The summed E-state index contributed by atoms with van der Waals surface area (Å²) in [6, 6.07) is 6.74. The maximum atomic E-state index is 11.8. The van der Waals surface area contributed by atoms with Crippen LogP contribution in [0.4, 0.5) is 0 Å². The molecule has 118 valence electrons. The van der Waals surface area contributed by atoms with Crippen LogP contribution in [0.3, 0.4) is 0 Å². The van der Waals surface area contributed by atoms with E-state index in [1.165, 1.54) is 0 Å². The molecule has 0 aromatic heterocycles. The second-order valence-electron chi connectivity index (χ2n) is 4.85. The Labute approximate surface area is 127 Å². The van der Waals surface area contributed by atoms with Crippen LogP contribution in [0.1, 0.15) is 38.7 Å². The zero-order valence-electron chi connectivity index (χ0n) is 12.7. The molecule has 0 atom stereocenters. The fourth-order valence-corrected chi connectivity index (χ4v) is 2.92. The van der Waals surface area contributed by atoms with Gasteiger partial charge in [0.25, 0.3) is 0 Å². The fraction of sp³-hybridized carbons (Fsp3) is 0.533. The summed E-state index contributed by atoms with van der Waals surface area (Å²) >= 11 is 0. The normalized spacial score (nSPS) is 11.3. The number of benzene rings is 1. The SMILES string of the molecule is CCCCC(=O)NCCc1ccc(S(=O)(=O)NCC)cc1. The number of hydrogen-bond acceptors (Lipinski definition) is 3. The second-order valence-corrected chi connectivity index (χ2v) is 6.62. The van der Waals surface area contributed by atoms with Crippen LogP contribution in [0.5, 0.6) is 0 Å². The van der Waals surface area contributed by atoms with Gasteiger partial charge in [-0.2, -0.15) is 0 Å². The summed E-state index contributed by atoms with van der Waals surface area (Å²) in [7, 11) is -3.39. The van der Waals surface area contributed by atoms with Gasteiger partial charge in [-0.3, -0.25) is 4.79 Å². The van der Waals surface area contributed by atoms with Gasteiger partial charge in [-0.15, -0.1) is 0 Å². The van der Waals surface area contributed by atoms with Crippen LogP contribution in [0, 0.1) is 0 Å². The summed E-state index contributed by atoms with van der Waals surface area (Å²) in [6.45, 7) is 4.74.